The number of rotatable bonds is 4. The zero-order valence-corrected chi connectivity index (χ0v) is 8.95. The predicted octanol–water partition coefficient (Wildman–Crippen LogP) is -0.107. The molecule has 0 fully saturated rings. The third-order valence-electron chi connectivity index (χ3n) is 2.15. The minimum atomic E-state index is -1.80. The number of hydrogen-bond donors (Lipinski definition) is 4. The van der Waals surface area contributed by atoms with Crippen LogP contribution in [0.3, 0.4) is 0 Å². The second kappa shape index (κ2) is 5.69. The van der Waals surface area contributed by atoms with Crippen LogP contribution in [0.1, 0.15) is 10.4 Å². The van der Waals surface area contributed by atoms with Gasteiger partial charge in [-0.05, 0) is 6.07 Å². The van der Waals surface area contributed by atoms with Gasteiger partial charge in [0.15, 0.2) is 17.4 Å². The van der Waals surface area contributed by atoms with E-state index in [4.69, 9.17) is 15.3 Å². The molecule has 8 heteroatoms. The van der Waals surface area contributed by atoms with Crippen molar-refractivity contribution in [3.05, 3.63) is 29.1 Å². The van der Waals surface area contributed by atoms with Gasteiger partial charge >= 0.3 is 0 Å². The van der Waals surface area contributed by atoms with Gasteiger partial charge in [-0.3, -0.25) is 4.79 Å². The number of carbonyl (C=O) groups is 1. The van der Waals surface area contributed by atoms with Gasteiger partial charge in [0.2, 0.25) is 5.82 Å². The Bertz CT molecular complexity index is 463. The number of aliphatic hydroxyl groups excluding tert-OH is 2. The van der Waals surface area contributed by atoms with E-state index in [1.807, 2.05) is 5.32 Å². The van der Waals surface area contributed by atoms with Gasteiger partial charge in [0.25, 0.3) is 5.91 Å². The summed E-state index contributed by atoms with van der Waals surface area (Å²) in [5.41, 5.74) is -0.932. The maximum Gasteiger partial charge on any atom is 0.254 e. The van der Waals surface area contributed by atoms with E-state index in [-0.39, 0.29) is 6.07 Å². The number of benzene rings is 1. The van der Waals surface area contributed by atoms with Gasteiger partial charge in [0.05, 0.1) is 24.8 Å². The van der Waals surface area contributed by atoms with E-state index >= 15 is 0 Å². The second-order valence-corrected chi connectivity index (χ2v) is 3.42. The lowest BCUT2D eigenvalue weighted by Gasteiger charge is -2.14. The van der Waals surface area contributed by atoms with Crippen molar-refractivity contribution in [2.45, 2.75) is 6.04 Å². The summed E-state index contributed by atoms with van der Waals surface area (Å²) in [6, 6.07) is -0.807. The SMILES string of the molecule is O=C(NC(CO)CO)c1cc(F)c(F)c(O)c1F. The summed E-state index contributed by atoms with van der Waals surface area (Å²) in [4.78, 5) is 11.4. The Labute approximate surface area is 99.5 Å². The number of hydrogen-bond acceptors (Lipinski definition) is 4. The Morgan fingerprint density at radius 3 is 2.28 bits per heavy atom. The molecule has 0 radical (unpaired) electrons. The molecule has 5 nitrogen and oxygen atoms in total. The maximum atomic E-state index is 13.3. The molecule has 0 aliphatic heterocycles. The van der Waals surface area contributed by atoms with Crippen LogP contribution in [-0.4, -0.2) is 40.5 Å². The van der Waals surface area contributed by atoms with E-state index in [0.717, 1.165) is 0 Å². The molecule has 0 aromatic heterocycles. The van der Waals surface area contributed by atoms with Gasteiger partial charge in [-0.15, -0.1) is 0 Å². The summed E-state index contributed by atoms with van der Waals surface area (Å²) < 4.78 is 39.0. The van der Waals surface area contributed by atoms with Crippen molar-refractivity contribution in [2.24, 2.45) is 0 Å². The Morgan fingerprint density at radius 1 is 1.22 bits per heavy atom. The van der Waals surface area contributed by atoms with Gasteiger partial charge in [-0.2, -0.15) is 4.39 Å². The summed E-state index contributed by atoms with van der Waals surface area (Å²) in [6.07, 6.45) is 0. The van der Waals surface area contributed by atoms with E-state index < -0.39 is 53.9 Å². The monoisotopic (exact) mass is 265 g/mol. The van der Waals surface area contributed by atoms with E-state index in [1.165, 1.54) is 0 Å². The highest BCUT2D eigenvalue weighted by molar-refractivity contribution is 5.95. The molecule has 4 N–H and O–H groups in total. The molecule has 0 aliphatic carbocycles. The Hall–Kier alpha value is -1.80. The molecule has 0 heterocycles. The summed E-state index contributed by atoms with van der Waals surface area (Å²) in [5.74, 6) is -7.82. The lowest BCUT2D eigenvalue weighted by molar-refractivity contribution is 0.0873. The van der Waals surface area contributed by atoms with Gasteiger partial charge in [0.1, 0.15) is 0 Å². The van der Waals surface area contributed by atoms with Crippen molar-refractivity contribution in [3.8, 4) is 5.75 Å². The fraction of sp³-hybridized carbons (Fsp3) is 0.300. The number of halogens is 3. The topological polar surface area (TPSA) is 89.8 Å². The normalized spacial score (nSPS) is 10.8. The molecule has 0 bridgehead atoms. The van der Waals surface area contributed by atoms with Crippen LogP contribution >= 0.6 is 0 Å². The van der Waals surface area contributed by atoms with Crippen LogP contribution in [0.5, 0.6) is 5.75 Å². The van der Waals surface area contributed by atoms with Crippen LogP contribution in [0.15, 0.2) is 6.07 Å². The lowest BCUT2D eigenvalue weighted by Crippen LogP contribution is -2.40. The quantitative estimate of drug-likeness (QED) is 0.572. The van der Waals surface area contributed by atoms with Gasteiger partial charge in [-0.1, -0.05) is 0 Å². The van der Waals surface area contributed by atoms with E-state index in [1.54, 1.807) is 0 Å². The molecule has 1 aromatic carbocycles. The highest BCUT2D eigenvalue weighted by Gasteiger charge is 2.23. The number of carbonyl (C=O) groups excluding carboxylic acids is 1. The molecule has 100 valence electrons. The fourth-order valence-corrected chi connectivity index (χ4v) is 1.17. The maximum absolute atomic E-state index is 13.3. The van der Waals surface area contributed by atoms with Crippen molar-refractivity contribution in [1.29, 1.82) is 0 Å². The average molecular weight is 265 g/mol. The number of aliphatic hydroxyl groups is 2. The van der Waals surface area contributed by atoms with Gasteiger partial charge in [-0.25, -0.2) is 8.78 Å². The van der Waals surface area contributed by atoms with Crippen molar-refractivity contribution in [3.63, 3.8) is 0 Å². The number of phenols is 1. The van der Waals surface area contributed by atoms with Crippen molar-refractivity contribution >= 4 is 5.91 Å². The van der Waals surface area contributed by atoms with Crippen LogP contribution in [-0.2, 0) is 0 Å². The summed E-state index contributed by atoms with van der Waals surface area (Å²) in [5, 5.41) is 28.2. The number of amides is 1. The standard InChI is InChI=1S/C10H10F3NO4/c11-6-1-5(7(12)9(17)8(6)13)10(18)14-4(2-15)3-16/h1,4,15-17H,2-3H2,(H,14,18). The van der Waals surface area contributed by atoms with Gasteiger partial charge in [0, 0.05) is 0 Å². The molecule has 1 amide bonds. The van der Waals surface area contributed by atoms with Crippen LogP contribution in [0.4, 0.5) is 13.2 Å². The minimum Gasteiger partial charge on any atom is -0.503 e. The molecule has 0 spiro atoms. The Balaban J connectivity index is 3.07. The highest BCUT2D eigenvalue weighted by atomic mass is 19.2. The molecule has 18 heavy (non-hydrogen) atoms. The van der Waals surface area contributed by atoms with E-state index in [9.17, 15) is 18.0 Å². The molecule has 0 atom stereocenters. The van der Waals surface area contributed by atoms with Crippen molar-refractivity contribution in [1.82, 2.24) is 5.32 Å². The largest absolute Gasteiger partial charge is 0.503 e. The average Bonchev–Trinajstić information content (AvgIpc) is 2.37. The van der Waals surface area contributed by atoms with E-state index in [2.05, 4.69) is 0 Å². The van der Waals surface area contributed by atoms with E-state index in [0.29, 0.717) is 0 Å². The first kappa shape index (κ1) is 14.3. The second-order valence-electron chi connectivity index (χ2n) is 3.42. The molecule has 1 rings (SSSR count). The van der Waals surface area contributed by atoms with Gasteiger partial charge < -0.3 is 20.6 Å². The van der Waals surface area contributed by atoms with Crippen molar-refractivity contribution in [2.75, 3.05) is 13.2 Å². The zero-order chi connectivity index (χ0) is 13.9. The first-order valence-corrected chi connectivity index (χ1v) is 4.81. The molecule has 0 saturated carbocycles. The summed E-state index contributed by atoms with van der Waals surface area (Å²) in [6.45, 7) is -1.25. The fourth-order valence-electron chi connectivity index (χ4n) is 1.17. The third-order valence-corrected chi connectivity index (χ3v) is 2.15. The smallest absolute Gasteiger partial charge is 0.254 e. The van der Waals surface area contributed by atoms with Crippen LogP contribution in [0.25, 0.3) is 0 Å². The molecule has 0 saturated heterocycles. The first-order valence-electron chi connectivity index (χ1n) is 4.81. The molecule has 0 unspecified atom stereocenters. The molecular weight excluding hydrogens is 255 g/mol. The number of nitrogens with one attached hydrogen (secondary N) is 1. The van der Waals surface area contributed by atoms with Crippen LogP contribution in [0.2, 0.25) is 0 Å². The first-order chi connectivity index (χ1) is 8.42. The molecular formula is C10H10F3NO4. The van der Waals surface area contributed by atoms with Crippen molar-refractivity contribution < 1.29 is 33.3 Å². The van der Waals surface area contributed by atoms with Crippen LogP contribution < -0.4 is 5.32 Å². The minimum absolute atomic E-state index is 0.269. The molecule has 0 aliphatic rings. The third kappa shape index (κ3) is 2.71. The molecule has 1 aromatic rings. The summed E-state index contributed by atoms with van der Waals surface area (Å²) >= 11 is 0. The Morgan fingerprint density at radius 2 is 1.78 bits per heavy atom. The van der Waals surface area contributed by atoms with Crippen LogP contribution in [0, 0.1) is 17.5 Å². The highest BCUT2D eigenvalue weighted by Crippen LogP contribution is 2.25. The number of aromatic hydroxyl groups is 1. The summed E-state index contributed by atoms with van der Waals surface area (Å²) in [7, 11) is 0. The lowest BCUT2D eigenvalue weighted by atomic mass is 10.1. The zero-order valence-electron chi connectivity index (χ0n) is 8.95. The number of phenolic OH excluding ortho intramolecular Hbond substituents is 1. The Kier molecular flexibility index (Phi) is 4.51. The predicted molar refractivity (Wildman–Crippen MR) is 53.4 cm³/mol.